The lowest BCUT2D eigenvalue weighted by Crippen LogP contribution is -2.20. The fraction of sp³-hybridized carbons (Fsp3) is 0.571. The molecule has 1 aliphatic rings. The number of hydrogen-bond donors (Lipinski definition) is 1. The standard InChI is InChI=1S/C14H22N2/c1-11-7-14(11)10-16(2)9-13-5-3-12(8-15)4-6-13/h3-6,11,14H,7-10,15H2,1-2H3. The van der Waals surface area contributed by atoms with E-state index >= 15 is 0 Å². The van der Waals surface area contributed by atoms with Crippen LogP contribution in [0.3, 0.4) is 0 Å². The first-order valence-corrected chi connectivity index (χ1v) is 6.15. The van der Waals surface area contributed by atoms with E-state index < -0.39 is 0 Å². The van der Waals surface area contributed by atoms with Crippen LogP contribution in [-0.4, -0.2) is 18.5 Å². The van der Waals surface area contributed by atoms with Crippen LogP contribution in [0.5, 0.6) is 0 Å². The lowest BCUT2D eigenvalue weighted by Gasteiger charge is -2.16. The number of hydrogen-bond acceptors (Lipinski definition) is 2. The zero-order valence-electron chi connectivity index (χ0n) is 10.3. The van der Waals surface area contributed by atoms with Crippen LogP contribution < -0.4 is 5.73 Å². The van der Waals surface area contributed by atoms with Gasteiger partial charge in [0.15, 0.2) is 0 Å². The smallest absolute Gasteiger partial charge is 0.0230 e. The molecule has 88 valence electrons. The third kappa shape index (κ3) is 3.06. The highest BCUT2D eigenvalue weighted by Gasteiger charge is 2.32. The van der Waals surface area contributed by atoms with Crippen LogP contribution >= 0.6 is 0 Å². The van der Waals surface area contributed by atoms with Crippen molar-refractivity contribution < 1.29 is 0 Å². The highest BCUT2D eigenvalue weighted by molar-refractivity contribution is 5.22. The molecule has 1 aliphatic carbocycles. The van der Waals surface area contributed by atoms with E-state index in [-0.39, 0.29) is 0 Å². The van der Waals surface area contributed by atoms with Crippen LogP contribution in [0.25, 0.3) is 0 Å². The Bertz CT molecular complexity index is 331. The minimum absolute atomic E-state index is 0.635. The maximum absolute atomic E-state index is 5.58. The third-order valence-electron chi connectivity index (χ3n) is 3.53. The first-order chi connectivity index (χ1) is 7.69. The Morgan fingerprint density at radius 2 is 1.81 bits per heavy atom. The molecule has 2 nitrogen and oxygen atoms in total. The summed E-state index contributed by atoms with van der Waals surface area (Å²) in [6.45, 7) is 5.26. The Hall–Kier alpha value is -0.860. The van der Waals surface area contributed by atoms with Crippen LogP contribution in [-0.2, 0) is 13.1 Å². The molecule has 2 heteroatoms. The van der Waals surface area contributed by atoms with Crippen LogP contribution in [0.2, 0.25) is 0 Å². The maximum Gasteiger partial charge on any atom is 0.0230 e. The molecule has 2 atom stereocenters. The first kappa shape index (κ1) is 11.6. The van der Waals surface area contributed by atoms with Crippen LogP contribution in [0.15, 0.2) is 24.3 Å². The Morgan fingerprint density at radius 3 is 2.31 bits per heavy atom. The van der Waals surface area contributed by atoms with Gasteiger partial charge in [0.1, 0.15) is 0 Å². The minimum Gasteiger partial charge on any atom is -0.326 e. The van der Waals surface area contributed by atoms with E-state index in [0.29, 0.717) is 6.54 Å². The molecule has 1 aromatic rings. The predicted molar refractivity (Wildman–Crippen MR) is 67.9 cm³/mol. The summed E-state index contributed by atoms with van der Waals surface area (Å²) < 4.78 is 0. The van der Waals surface area contributed by atoms with Gasteiger partial charge in [-0.3, -0.25) is 0 Å². The largest absolute Gasteiger partial charge is 0.326 e. The van der Waals surface area contributed by atoms with Crippen molar-refractivity contribution in [2.75, 3.05) is 13.6 Å². The van der Waals surface area contributed by atoms with Gasteiger partial charge in [0.25, 0.3) is 0 Å². The van der Waals surface area contributed by atoms with Gasteiger partial charge in [0.05, 0.1) is 0 Å². The summed E-state index contributed by atoms with van der Waals surface area (Å²) in [5.74, 6) is 1.88. The Labute approximate surface area is 98.4 Å². The predicted octanol–water partition coefficient (Wildman–Crippen LogP) is 2.23. The second kappa shape index (κ2) is 4.98. The van der Waals surface area contributed by atoms with Crippen molar-refractivity contribution in [3.63, 3.8) is 0 Å². The molecule has 0 aliphatic heterocycles. The average Bonchev–Trinajstić information content (AvgIpc) is 2.95. The summed E-state index contributed by atoms with van der Waals surface area (Å²) in [4.78, 5) is 2.42. The number of rotatable bonds is 5. The summed E-state index contributed by atoms with van der Waals surface area (Å²) in [7, 11) is 2.21. The number of benzene rings is 1. The maximum atomic E-state index is 5.58. The molecule has 0 heterocycles. The summed E-state index contributed by atoms with van der Waals surface area (Å²) in [6, 6.07) is 8.63. The molecule has 2 rings (SSSR count). The van der Waals surface area contributed by atoms with Crippen molar-refractivity contribution >= 4 is 0 Å². The Balaban J connectivity index is 1.83. The van der Waals surface area contributed by atoms with E-state index in [0.717, 1.165) is 18.4 Å². The lowest BCUT2D eigenvalue weighted by molar-refractivity contribution is 0.307. The second-order valence-corrected chi connectivity index (χ2v) is 5.19. The van der Waals surface area contributed by atoms with Gasteiger partial charge in [-0.25, -0.2) is 0 Å². The quantitative estimate of drug-likeness (QED) is 0.821. The minimum atomic E-state index is 0.635. The van der Waals surface area contributed by atoms with Crippen molar-refractivity contribution in [2.24, 2.45) is 17.6 Å². The van der Waals surface area contributed by atoms with Crippen LogP contribution in [0.1, 0.15) is 24.5 Å². The summed E-state index contributed by atoms with van der Waals surface area (Å²) >= 11 is 0. The second-order valence-electron chi connectivity index (χ2n) is 5.19. The molecule has 0 spiro atoms. The van der Waals surface area contributed by atoms with Crippen molar-refractivity contribution in [1.82, 2.24) is 4.90 Å². The molecule has 2 unspecified atom stereocenters. The zero-order chi connectivity index (χ0) is 11.5. The fourth-order valence-electron chi connectivity index (χ4n) is 2.21. The molecule has 0 amide bonds. The van der Waals surface area contributed by atoms with Crippen molar-refractivity contribution in [1.29, 1.82) is 0 Å². The van der Waals surface area contributed by atoms with E-state index in [1.807, 2.05) is 0 Å². The van der Waals surface area contributed by atoms with Gasteiger partial charge < -0.3 is 10.6 Å². The SMILES string of the molecule is CC1CC1CN(C)Cc1ccc(CN)cc1. The summed E-state index contributed by atoms with van der Waals surface area (Å²) in [6.07, 6.45) is 1.41. The highest BCUT2D eigenvalue weighted by atomic mass is 15.1. The van der Waals surface area contributed by atoms with E-state index in [1.54, 1.807) is 0 Å². The Kier molecular flexibility index (Phi) is 3.62. The van der Waals surface area contributed by atoms with Crippen LogP contribution in [0.4, 0.5) is 0 Å². The van der Waals surface area contributed by atoms with E-state index in [2.05, 4.69) is 43.1 Å². The van der Waals surface area contributed by atoms with Crippen molar-refractivity contribution in [3.05, 3.63) is 35.4 Å². The van der Waals surface area contributed by atoms with Crippen LogP contribution in [0, 0.1) is 11.8 Å². The van der Waals surface area contributed by atoms with Crippen molar-refractivity contribution in [3.8, 4) is 0 Å². The van der Waals surface area contributed by atoms with Gasteiger partial charge in [-0.15, -0.1) is 0 Å². The molecule has 0 saturated heterocycles. The fourth-order valence-corrected chi connectivity index (χ4v) is 2.21. The molecule has 2 N–H and O–H groups in total. The average molecular weight is 218 g/mol. The molecule has 16 heavy (non-hydrogen) atoms. The number of nitrogens with two attached hydrogens (primary N) is 1. The molecular formula is C14H22N2. The molecule has 0 bridgehead atoms. The van der Waals surface area contributed by atoms with E-state index in [4.69, 9.17) is 5.73 Å². The summed E-state index contributed by atoms with van der Waals surface area (Å²) in [5.41, 5.74) is 8.17. The normalized spacial score (nSPS) is 23.8. The van der Waals surface area contributed by atoms with E-state index in [9.17, 15) is 0 Å². The van der Waals surface area contributed by atoms with Gasteiger partial charge in [-0.1, -0.05) is 31.2 Å². The van der Waals surface area contributed by atoms with Gasteiger partial charge in [-0.05, 0) is 36.4 Å². The molecule has 1 saturated carbocycles. The Morgan fingerprint density at radius 1 is 1.25 bits per heavy atom. The molecule has 1 fully saturated rings. The van der Waals surface area contributed by atoms with Gasteiger partial charge in [0, 0.05) is 19.6 Å². The third-order valence-corrected chi connectivity index (χ3v) is 3.53. The zero-order valence-corrected chi connectivity index (χ0v) is 10.3. The summed E-state index contributed by atoms with van der Waals surface area (Å²) in [5, 5.41) is 0. The number of nitrogens with zero attached hydrogens (tertiary/aromatic N) is 1. The highest BCUT2D eigenvalue weighted by Crippen LogP contribution is 2.38. The van der Waals surface area contributed by atoms with Crippen molar-refractivity contribution in [2.45, 2.75) is 26.4 Å². The lowest BCUT2D eigenvalue weighted by atomic mass is 10.1. The van der Waals surface area contributed by atoms with Gasteiger partial charge in [0.2, 0.25) is 0 Å². The first-order valence-electron chi connectivity index (χ1n) is 6.15. The van der Waals surface area contributed by atoms with Gasteiger partial charge >= 0.3 is 0 Å². The van der Waals surface area contributed by atoms with Gasteiger partial charge in [-0.2, -0.15) is 0 Å². The monoisotopic (exact) mass is 218 g/mol. The molecule has 0 aromatic heterocycles. The molecule has 1 aromatic carbocycles. The molecule has 0 radical (unpaired) electrons. The van der Waals surface area contributed by atoms with E-state index in [1.165, 1.54) is 24.1 Å². The topological polar surface area (TPSA) is 29.3 Å². The molecular weight excluding hydrogens is 196 g/mol.